The highest BCUT2D eigenvalue weighted by molar-refractivity contribution is 7.11. The molecule has 30 heavy (non-hydrogen) atoms. The number of ether oxygens (including phenoxy) is 1. The molecule has 0 aliphatic carbocycles. The van der Waals surface area contributed by atoms with Crippen LogP contribution in [0.1, 0.15) is 21.5 Å². The lowest BCUT2D eigenvalue weighted by molar-refractivity contribution is -0.192. The third-order valence-corrected chi connectivity index (χ3v) is 5.17. The van der Waals surface area contributed by atoms with Crippen molar-refractivity contribution < 1.29 is 32.6 Å². The van der Waals surface area contributed by atoms with Crippen molar-refractivity contribution in [3.05, 3.63) is 39.8 Å². The summed E-state index contributed by atoms with van der Waals surface area (Å²) in [6.07, 6.45) is -3.25. The van der Waals surface area contributed by atoms with Gasteiger partial charge >= 0.3 is 12.1 Å². The molecule has 1 unspecified atom stereocenters. The molecule has 1 aliphatic rings. The van der Waals surface area contributed by atoms with E-state index in [0.717, 1.165) is 19.6 Å². The monoisotopic (exact) mass is 448 g/mol. The normalized spacial score (nSPS) is 16.4. The van der Waals surface area contributed by atoms with Gasteiger partial charge in [0.15, 0.2) is 0 Å². The van der Waals surface area contributed by atoms with Gasteiger partial charge < -0.3 is 15.2 Å². The van der Waals surface area contributed by atoms with Gasteiger partial charge in [-0.1, -0.05) is 0 Å². The van der Waals surface area contributed by atoms with Gasteiger partial charge in [-0.3, -0.25) is 14.4 Å². The van der Waals surface area contributed by atoms with E-state index in [-0.39, 0.29) is 18.6 Å². The maximum absolute atomic E-state index is 11.6. The van der Waals surface area contributed by atoms with Gasteiger partial charge in [-0.05, 0) is 25.1 Å². The maximum atomic E-state index is 11.6. The Hall–Kier alpha value is -2.44. The second-order valence-corrected chi connectivity index (χ2v) is 8.02. The van der Waals surface area contributed by atoms with Crippen molar-refractivity contribution in [1.82, 2.24) is 20.0 Å². The van der Waals surface area contributed by atoms with Crippen molar-refractivity contribution in [1.29, 1.82) is 0 Å². The van der Waals surface area contributed by atoms with E-state index in [1.54, 1.807) is 0 Å². The second-order valence-electron chi connectivity index (χ2n) is 6.64. The molecule has 2 aromatic rings. The van der Waals surface area contributed by atoms with E-state index in [9.17, 15) is 18.0 Å². The minimum Gasteiger partial charge on any atom is -0.475 e. The zero-order chi connectivity index (χ0) is 22.3. The summed E-state index contributed by atoms with van der Waals surface area (Å²) >= 11 is 1.84. The topological polar surface area (TPSA) is 96.7 Å². The largest absolute Gasteiger partial charge is 0.490 e. The van der Waals surface area contributed by atoms with Gasteiger partial charge in [0, 0.05) is 49.2 Å². The molecule has 0 spiro atoms. The van der Waals surface area contributed by atoms with Gasteiger partial charge in [0.2, 0.25) is 5.91 Å². The molecule has 12 heteroatoms. The maximum Gasteiger partial charge on any atom is 0.490 e. The molecule has 1 aliphatic heterocycles. The standard InChI is InChI=1S/C16H22N4O2S.C2HF3O2/c1-12-3-4-15(23-12)10-19-8-13-5-6-18-20(13)14(9-19)7-17-16(21)11-22-2;3-2(4,5)1(6)7/h3-6,14H,7-11H2,1-2H3,(H,17,21);(H,6,7). The van der Waals surface area contributed by atoms with Gasteiger partial charge in [-0.25, -0.2) is 4.79 Å². The molecule has 3 heterocycles. The number of carboxylic acids is 1. The second kappa shape index (κ2) is 10.5. The minimum atomic E-state index is -5.08. The first kappa shape index (κ1) is 23.8. The first-order valence-corrected chi connectivity index (χ1v) is 9.77. The summed E-state index contributed by atoms with van der Waals surface area (Å²) in [5, 5.41) is 14.5. The van der Waals surface area contributed by atoms with Crippen LogP contribution in [0.4, 0.5) is 13.2 Å². The lowest BCUT2D eigenvalue weighted by Crippen LogP contribution is -2.43. The Labute approximate surface area is 175 Å². The van der Waals surface area contributed by atoms with Crippen LogP contribution < -0.4 is 5.32 Å². The summed E-state index contributed by atoms with van der Waals surface area (Å²) in [6.45, 7) is 5.49. The number of alkyl halides is 3. The number of aromatic nitrogens is 2. The fourth-order valence-electron chi connectivity index (χ4n) is 2.94. The van der Waals surface area contributed by atoms with Crippen molar-refractivity contribution in [2.75, 3.05) is 26.8 Å². The van der Waals surface area contributed by atoms with Crippen LogP contribution in [0.3, 0.4) is 0 Å². The Bertz CT molecular complexity index is 853. The highest BCUT2D eigenvalue weighted by Gasteiger charge is 2.38. The molecule has 166 valence electrons. The zero-order valence-corrected chi connectivity index (χ0v) is 17.3. The van der Waals surface area contributed by atoms with Crippen molar-refractivity contribution in [2.24, 2.45) is 0 Å². The first-order chi connectivity index (χ1) is 14.1. The number of hydrogen-bond acceptors (Lipinski definition) is 6. The molecule has 1 atom stereocenters. The van der Waals surface area contributed by atoms with Gasteiger partial charge in [0.25, 0.3) is 0 Å². The predicted molar refractivity (Wildman–Crippen MR) is 103 cm³/mol. The Morgan fingerprint density at radius 3 is 2.63 bits per heavy atom. The van der Waals surface area contributed by atoms with E-state index < -0.39 is 12.1 Å². The summed E-state index contributed by atoms with van der Waals surface area (Å²) in [4.78, 5) is 25.7. The molecular formula is C18H23F3N4O4S. The molecule has 0 aromatic carbocycles. The van der Waals surface area contributed by atoms with Crippen molar-refractivity contribution >= 4 is 23.2 Å². The summed E-state index contributed by atoms with van der Waals surface area (Å²) in [5.41, 5.74) is 1.19. The van der Waals surface area contributed by atoms with Gasteiger partial charge in [-0.2, -0.15) is 18.3 Å². The summed E-state index contributed by atoms with van der Waals surface area (Å²) in [5.74, 6) is -2.85. The average Bonchev–Trinajstić information content (AvgIpc) is 3.28. The Balaban J connectivity index is 0.000000396. The third kappa shape index (κ3) is 7.11. The number of nitrogens with one attached hydrogen (secondary N) is 1. The number of aliphatic carboxylic acids is 1. The number of thiophene rings is 1. The first-order valence-electron chi connectivity index (χ1n) is 8.96. The molecule has 0 radical (unpaired) electrons. The number of hydrogen-bond donors (Lipinski definition) is 2. The predicted octanol–water partition coefficient (Wildman–Crippen LogP) is 2.21. The van der Waals surface area contributed by atoms with Crippen LogP contribution in [0.15, 0.2) is 24.4 Å². The molecule has 3 rings (SSSR count). The highest BCUT2D eigenvalue weighted by atomic mass is 32.1. The van der Waals surface area contributed by atoms with Gasteiger partial charge in [0.1, 0.15) is 6.61 Å². The van der Waals surface area contributed by atoms with E-state index in [0.29, 0.717) is 6.54 Å². The van der Waals surface area contributed by atoms with Crippen LogP contribution in [-0.2, 0) is 27.4 Å². The lowest BCUT2D eigenvalue weighted by Gasteiger charge is -2.33. The smallest absolute Gasteiger partial charge is 0.475 e. The molecule has 8 nitrogen and oxygen atoms in total. The molecular weight excluding hydrogens is 425 g/mol. The third-order valence-electron chi connectivity index (χ3n) is 4.18. The van der Waals surface area contributed by atoms with E-state index in [1.807, 2.05) is 22.2 Å². The number of rotatable bonds is 6. The SMILES string of the molecule is COCC(=O)NCC1CN(Cc2ccc(C)s2)Cc2ccnn21.O=C(O)C(F)(F)F. The van der Waals surface area contributed by atoms with Crippen LogP contribution in [0.2, 0.25) is 0 Å². The van der Waals surface area contributed by atoms with Crippen LogP contribution >= 0.6 is 11.3 Å². The summed E-state index contributed by atoms with van der Waals surface area (Å²) in [7, 11) is 1.52. The molecule has 0 bridgehead atoms. The fraction of sp³-hybridized carbons (Fsp3) is 0.500. The number of carboxylic acid groups (broad SMARTS) is 1. The lowest BCUT2D eigenvalue weighted by atomic mass is 10.2. The average molecular weight is 448 g/mol. The molecule has 1 amide bonds. The summed E-state index contributed by atoms with van der Waals surface area (Å²) in [6, 6.07) is 6.56. The quantitative estimate of drug-likeness (QED) is 0.704. The fourth-order valence-corrected chi connectivity index (χ4v) is 3.87. The van der Waals surface area contributed by atoms with Crippen molar-refractivity contribution in [2.45, 2.75) is 32.2 Å². The number of amides is 1. The number of halogens is 3. The Morgan fingerprint density at radius 1 is 1.37 bits per heavy atom. The van der Waals surface area contributed by atoms with Crippen LogP contribution in [0, 0.1) is 6.92 Å². The van der Waals surface area contributed by atoms with E-state index in [4.69, 9.17) is 14.6 Å². The molecule has 2 N–H and O–H groups in total. The number of aryl methyl sites for hydroxylation is 1. The number of carbonyl (C=O) groups excluding carboxylic acids is 1. The highest BCUT2D eigenvalue weighted by Crippen LogP contribution is 2.24. The number of nitrogens with zero attached hydrogens (tertiary/aromatic N) is 3. The van der Waals surface area contributed by atoms with E-state index in [2.05, 4.69) is 40.4 Å². The van der Waals surface area contributed by atoms with E-state index in [1.165, 1.54) is 22.6 Å². The van der Waals surface area contributed by atoms with Crippen molar-refractivity contribution in [3.8, 4) is 0 Å². The minimum absolute atomic E-state index is 0.0905. The van der Waals surface area contributed by atoms with Crippen LogP contribution in [0.5, 0.6) is 0 Å². The summed E-state index contributed by atoms with van der Waals surface area (Å²) < 4.78 is 38.6. The number of methoxy groups -OCH3 is 1. The molecule has 0 fully saturated rings. The number of fused-ring (bicyclic) bond motifs is 1. The van der Waals surface area contributed by atoms with Crippen LogP contribution in [0.25, 0.3) is 0 Å². The van der Waals surface area contributed by atoms with Gasteiger partial charge in [-0.15, -0.1) is 11.3 Å². The van der Waals surface area contributed by atoms with Gasteiger partial charge in [0.05, 0.1) is 11.7 Å². The van der Waals surface area contributed by atoms with E-state index >= 15 is 0 Å². The molecule has 0 saturated carbocycles. The van der Waals surface area contributed by atoms with Crippen LogP contribution in [-0.4, -0.2) is 64.6 Å². The molecule has 2 aromatic heterocycles. The van der Waals surface area contributed by atoms with Crippen molar-refractivity contribution in [3.63, 3.8) is 0 Å². The zero-order valence-electron chi connectivity index (χ0n) is 16.5. The number of carbonyl (C=O) groups is 2. The Morgan fingerprint density at radius 2 is 2.07 bits per heavy atom. The molecule has 0 saturated heterocycles. The Kier molecular flexibility index (Phi) is 8.38.